The zero-order valence-corrected chi connectivity index (χ0v) is 16.0. The summed E-state index contributed by atoms with van der Waals surface area (Å²) in [5.74, 6) is 0. The minimum atomic E-state index is -0.446. The standard InChI is InChI=1S/C22H32O5/c1-2-3-10-15-21(24)16-11-7-5-4-6-8-12-17-22(27-25)18-13-9-14-19-26-20-23/h3,5-13,16-17,20-22,24-25H,2,4,14-15,18-19H2,1H3/t21?,22-/m0/s1. The molecule has 0 amide bonds. The second-order valence-corrected chi connectivity index (χ2v) is 5.65. The first-order chi connectivity index (χ1) is 13.2. The zero-order valence-electron chi connectivity index (χ0n) is 16.0. The molecule has 0 aliphatic carbocycles. The highest BCUT2D eigenvalue weighted by atomic mass is 17.1. The molecule has 5 nitrogen and oxygen atoms in total. The highest BCUT2D eigenvalue weighted by molar-refractivity contribution is 5.36. The van der Waals surface area contributed by atoms with Gasteiger partial charge in [-0.25, -0.2) is 4.89 Å². The first kappa shape index (κ1) is 24.8. The second-order valence-electron chi connectivity index (χ2n) is 5.65. The Morgan fingerprint density at radius 3 is 2.26 bits per heavy atom. The minimum absolute atomic E-state index is 0.348. The summed E-state index contributed by atoms with van der Waals surface area (Å²) < 4.78 is 4.56. The molecule has 2 atom stereocenters. The Morgan fingerprint density at radius 1 is 0.889 bits per heavy atom. The maximum absolute atomic E-state index is 9.97. The van der Waals surface area contributed by atoms with Crippen LogP contribution in [0, 0.1) is 0 Å². The van der Waals surface area contributed by atoms with E-state index in [2.05, 4.69) is 16.5 Å². The molecule has 0 rings (SSSR count). The van der Waals surface area contributed by atoms with E-state index in [1.165, 1.54) is 0 Å². The Hall–Kier alpha value is -2.21. The molecule has 5 heteroatoms. The maximum Gasteiger partial charge on any atom is 0.293 e. The van der Waals surface area contributed by atoms with Gasteiger partial charge in [-0.3, -0.25) is 10.1 Å². The molecule has 0 spiro atoms. The number of rotatable bonds is 16. The fraction of sp³-hybridized carbons (Fsp3) is 0.409. The molecule has 0 fully saturated rings. The first-order valence-electron chi connectivity index (χ1n) is 9.24. The smallest absolute Gasteiger partial charge is 0.293 e. The third kappa shape index (κ3) is 18.4. The van der Waals surface area contributed by atoms with Crippen LogP contribution in [0.5, 0.6) is 0 Å². The van der Waals surface area contributed by atoms with Crippen molar-refractivity contribution in [3.8, 4) is 0 Å². The van der Waals surface area contributed by atoms with Crippen LogP contribution in [0.25, 0.3) is 0 Å². The van der Waals surface area contributed by atoms with Gasteiger partial charge in [0.15, 0.2) is 0 Å². The lowest BCUT2D eigenvalue weighted by Gasteiger charge is -2.04. The van der Waals surface area contributed by atoms with Gasteiger partial charge in [0.2, 0.25) is 0 Å². The Labute approximate surface area is 162 Å². The van der Waals surface area contributed by atoms with Gasteiger partial charge in [0, 0.05) is 0 Å². The molecule has 0 saturated carbocycles. The monoisotopic (exact) mass is 376 g/mol. The molecule has 2 N–H and O–H groups in total. The van der Waals surface area contributed by atoms with E-state index >= 15 is 0 Å². The van der Waals surface area contributed by atoms with Crippen molar-refractivity contribution < 1.29 is 24.8 Å². The molecule has 0 aromatic carbocycles. The van der Waals surface area contributed by atoms with E-state index in [1.807, 2.05) is 60.8 Å². The molecule has 0 aliphatic heterocycles. The van der Waals surface area contributed by atoms with Gasteiger partial charge in [-0.1, -0.05) is 79.8 Å². The molecule has 0 saturated heterocycles. The maximum atomic E-state index is 9.97. The number of carbonyl (C=O) groups excluding carboxylic acids is 1. The van der Waals surface area contributed by atoms with Crippen molar-refractivity contribution in [1.82, 2.24) is 0 Å². The van der Waals surface area contributed by atoms with Gasteiger partial charge in [0.05, 0.1) is 12.7 Å². The zero-order chi connectivity index (χ0) is 20.0. The van der Waals surface area contributed by atoms with Crippen LogP contribution in [0.1, 0.15) is 39.0 Å². The molecule has 0 radical (unpaired) electrons. The van der Waals surface area contributed by atoms with E-state index in [1.54, 1.807) is 12.2 Å². The molecule has 0 aromatic heterocycles. The van der Waals surface area contributed by atoms with Crippen LogP contribution < -0.4 is 0 Å². The summed E-state index contributed by atoms with van der Waals surface area (Å²) in [5, 5.41) is 18.5. The fourth-order valence-electron chi connectivity index (χ4n) is 1.94. The number of hydrogen-bond acceptors (Lipinski definition) is 5. The summed E-state index contributed by atoms with van der Waals surface area (Å²) in [7, 11) is 0. The Kier molecular flexibility index (Phi) is 18.5. The van der Waals surface area contributed by atoms with E-state index in [0.717, 1.165) is 12.8 Å². The lowest BCUT2D eigenvalue weighted by atomic mass is 10.2. The lowest BCUT2D eigenvalue weighted by Crippen LogP contribution is -2.05. The summed E-state index contributed by atoms with van der Waals surface area (Å²) in [6, 6.07) is 0. The number of aliphatic hydroxyl groups is 1. The molecule has 0 bridgehead atoms. The highest BCUT2D eigenvalue weighted by Crippen LogP contribution is 2.02. The Morgan fingerprint density at radius 2 is 1.59 bits per heavy atom. The number of aliphatic hydroxyl groups excluding tert-OH is 1. The third-order valence-corrected chi connectivity index (χ3v) is 3.35. The van der Waals surface area contributed by atoms with Crippen LogP contribution in [-0.4, -0.2) is 35.7 Å². The van der Waals surface area contributed by atoms with Gasteiger partial charge in [-0.05, 0) is 32.1 Å². The molecule has 1 unspecified atom stereocenters. The Balaban J connectivity index is 3.97. The molecular formula is C22H32O5. The Bertz CT molecular complexity index is 515. The van der Waals surface area contributed by atoms with Gasteiger partial charge in [-0.2, -0.15) is 0 Å². The van der Waals surface area contributed by atoms with Crippen LogP contribution in [0.2, 0.25) is 0 Å². The van der Waals surface area contributed by atoms with Crippen molar-refractivity contribution in [2.75, 3.05) is 6.61 Å². The number of hydrogen-bond donors (Lipinski definition) is 2. The van der Waals surface area contributed by atoms with Gasteiger partial charge >= 0.3 is 0 Å². The predicted molar refractivity (Wildman–Crippen MR) is 109 cm³/mol. The normalized spacial score (nSPS) is 15.2. The summed E-state index contributed by atoms with van der Waals surface area (Å²) >= 11 is 0. The molecule has 150 valence electrons. The SMILES string of the molecule is CCC=CCC(O)C=CC=CCC=CC=C[C@@H](CC=CCCOC=O)OO. The predicted octanol–water partition coefficient (Wildman–Crippen LogP) is 4.69. The van der Waals surface area contributed by atoms with Crippen molar-refractivity contribution in [2.45, 2.75) is 51.2 Å². The quantitative estimate of drug-likeness (QED) is 0.102. The minimum Gasteiger partial charge on any atom is -0.468 e. The first-order valence-corrected chi connectivity index (χ1v) is 9.24. The number of allylic oxidation sites excluding steroid dienone is 7. The number of carbonyl (C=O) groups is 1. The molecular weight excluding hydrogens is 344 g/mol. The van der Waals surface area contributed by atoms with E-state index in [0.29, 0.717) is 32.3 Å². The van der Waals surface area contributed by atoms with Crippen molar-refractivity contribution >= 4 is 6.47 Å². The van der Waals surface area contributed by atoms with E-state index in [9.17, 15) is 9.90 Å². The van der Waals surface area contributed by atoms with Gasteiger partial charge in [0.25, 0.3) is 6.47 Å². The average Bonchev–Trinajstić information content (AvgIpc) is 2.67. The van der Waals surface area contributed by atoms with Gasteiger partial charge in [0.1, 0.15) is 6.10 Å². The third-order valence-electron chi connectivity index (χ3n) is 3.35. The van der Waals surface area contributed by atoms with Crippen molar-refractivity contribution in [2.24, 2.45) is 0 Å². The summed E-state index contributed by atoms with van der Waals surface area (Å²) in [4.78, 5) is 14.4. The summed E-state index contributed by atoms with van der Waals surface area (Å²) in [5.41, 5.74) is 0. The van der Waals surface area contributed by atoms with Crippen molar-refractivity contribution in [1.29, 1.82) is 0 Å². The number of ether oxygens (including phenoxy) is 1. The molecule has 0 aliphatic rings. The van der Waals surface area contributed by atoms with E-state index < -0.39 is 12.2 Å². The van der Waals surface area contributed by atoms with Crippen molar-refractivity contribution in [3.05, 3.63) is 72.9 Å². The molecule has 0 aromatic rings. The average molecular weight is 376 g/mol. The van der Waals surface area contributed by atoms with E-state index in [-0.39, 0.29) is 0 Å². The van der Waals surface area contributed by atoms with Crippen molar-refractivity contribution in [3.63, 3.8) is 0 Å². The lowest BCUT2D eigenvalue weighted by molar-refractivity contribution is -0.264. The van der Waals surface area contributed by atoms with Gasteiger partial charge in [-0.15, -0.1) is 0 Å². The van der Waals surface area contributed by atoms with E-state index in [4.69, 9.17) is 5.26 Å². The van der Waals surface area contributed by atoms with Crippen LogP contribution >= 0.6 is 0 Å². The topological polar surface area (TPSA) is 76.0 Å². The van der Waals surface area contributed by atoms with Crippen LogP contribution in [0.15, 0.2) is 72.9 Å². The van der Waals surface area contributed by atoms with Crippen LogP contribution in [0.3, 0.4) is 0 Å². The van der Waals surface area contributed by atoms with Crippen LogP contribution in [0.4, 0.5) is 0 Å². The van der Waals surface area contributed by atoms with Crippen LogP contribution in [-0.2, 0) is 14.4 Å². The van der Waals surface area contributed by atoms with Gasteiger partial charge < -0.3 is 9.84 Å². The summed E-state index contributed by atoms with van der Waals surface area (Å²) in [6.07, 6.45) is 25.4. The summed E-state index contributed by atoms with van der Waals surface area (Å²) in [6.45, 7) is 2.83. The molecule has 0 heterocycles. The second kappa shape index (κ2) is 20.1. The fourth-order valence-corrected chi connectivity index (χ4v) is 1.94. The highest BCUT2D eigenvalue weighted by Gasteiger charge is 1.99. The molecule has 27 heavy (non-hydrogen) atoms. The largest absolute Gasteiger partial charge is 0.468 e.